The third-order valence-corrected chi connectivity index (χ3v) is 4.67. The molecule has 4 nitrogen and oxygen atoms in total. The van der Waals surface area contributed by atoms with Gasteiger partial charge in [-0.25, -0.2) is 0 Å². The van der Waals surface area contributed by atoms with E-state index in [0.717, 1.165) is 24.4 Å². The van der Waals surface area contributed by atoms with Crippen LogP contribution in [0.3, 0.4) is 0 Å². The second kappa shape index (κ2) is 6.42. The summed E-state index contributed by atoms with van der Waals surface area (Å²) in [6.45, 7) is 1.01. The van der Waals surface area contributed by atoms with E-state index in [1.807, 2.05) is 12.4 Å². The van der Waals surface area contributed by atoms with Crippen molar-refractivity contribution >= 4 is 5.91 Å². The van der Waals surface area contributed by atoms with Gasteiger partial charge in [-0.3, -0.25) is 9.89 Å². The molecule has 2 aliphatic carbocycles. The normalized spacial score (nSPS) is 20.0. The number of aromatic amines is 1. The molecular weight excluding hydrogens is 250 g/mol. The minimum Gasteiger partial charge on any atom is -0.339 e. The van der Waals surface area contributed by atoms with E-state index in [0.29, 0.717) is 18.4 Å². The Morgan fingerprint density at radius 2 is 2.05 bits per heavy atom. The SMILES string of the molecule is O=C(CCc1cn[nH]c1)N(CC1CC1)C1CCCCC1. The standard InChI is InChI=1S/C16H25N3O/c20-16(9-8-14-10-17-18-11-14)19(12-13-6-7-13)15-4-2-1-3-5-15/h10-11,13,15H,1-9,12H2,(H,17,18). The Morgan fingerprint density at radius 3 is 2.70 bits per heavy atom. The van der Waals surface area contributed by atoms with E-state index < -0.39 is 0 Å². The van der Waals surface area contributed by atoms with Crippen molar-refractivity contribution in [2.24, 2.45) is 5.92 Å². The van der Waals surface area contributed by atoms with Gasteiger partial charge in [0.05, 0.1) is 6.20 Å². The van der Waals surface area contributed by atoms with Gasteiger partial charge in [-0.2, -0.15) is 5.10 Å². The van der Waals surface area contributed by atoms with Crippen LogP contribution in [0, 0.1) is 5.92 Å². The van der Waals surface area contributed by atoms with Gasteiger partial charge in [0.15, 0.2) is 0 Å². The molecule has 1 heterocycles. The summed E-state index contributed by atoms with van der Waals surface area (Å²) in [5, 5.41) is 6.76. The Labute approximate surface area is 120 Å². The maximum Gasteiger partial charge on any atom is 0.223 e. The van der Waals surface area contributed by atoms with Crippen molar-refractivity contribution in [2.75, 3.05) is 6.54 Å². The quantitative estimate of drug-likeness (QED) is 0.867. The molecule has 1 aromatic heterocycles. The van der Waals surface area contributed by atoms with Crippen molar-refractivity contribution in [3.8, 4) is 0 Å². The number of rotatable bonds is 6. The molecule has 110 valence electrons. The summed E-state index contributed by atoms with van der Waals surface area (Å²) in [6.07, 6.45) is 14.1. The zero-order chi connectivity index (χ0) is 13.8. The molecule has 0 unspecified atom stereocenters. The number of hydrogen-bond acceptors (Lipinski definition) is 2. The number of nitrogens with one attached hydrogen (secondary N) is 1. The van der Waals surface area contributed by atoms with Gasteiger partial charge in [0.1, 0.15) is 0 Å². The lowest BCUT2D eigenvalue weighted by molar-refractivity contribution is -0.134. The molecule has 1 aromatic rings. The number of carbonyl (C=O) groups is 1. The van der Waals surface area contributed by atoms with Crippen molar-refractivity contribution in [1.82, 2.24) is 15.1 Å². The Hall–Kier alpha value is -1.32. The van der Waals surface area contributed by atoms with E-state index in [1.54, 1.807) is 0 Å². The van der Waals surface area contributed by atoms with Crippen molar-refractivity contribution < 1.29 is 4.79 Å². The fraction of sp³-hybridized carbons (Fsp3) is 0.750. The minimum absolute atomic E-state index is 0.352. The number of aryl methyl sites for hydroxylation is 1. The maximum absolute atomic E-state index is 12.6. The van der Waals surface area contributed by atoms with Gasteiger partial charge in [0, 0.05) is 25.2 Å². The van der Waals surface area contributed by atoms with Crippen LogP contribution in [0.2, 0.25) is 0 Å². The van der Waals surface area contributed by atoms with Gasteiger partial charge in [-0.05, 0) is 43.6 Å². The predicted molar refractivity (Wildman–Crippen MR) is 78.2 cm³/mol. The Morgan fingerprint density at radius 1 is 1.25 bits per heavy atom. The Kier molecular flexibility index (Phi) is 4.38. The average Bonchev–Trinajstić information content (AvgIpc) is 3.16. The summed E-state index contributed by atoms with van der Waals surface area (Å²) in [4.78, 5) is 14.8. The molecule has 0 aliphatic heterocycles. The van der Waals surface area contributed by atoms with Crippen LogP contribution in [0.4, 0.5) is 0 Å². The number of aromatic nitrogens is 2. The van der Waals surface area contributed by atoms with Crippen LogP contribution in [0.25, 0.3) is 0 Å². The summed E-state index contributed by atoms with van der Waals surface area (Å²) < 4.78 is 0. The monoisotopic (exact) mass is 275 g/mol. The third kappa shape index (κ3) is 3.62. The highest BCUT2D eigenvalue weighted by Gasteiger charge is 2.31. The van der Waals surface area contributed by atoms with Crippen molar-refractivity contribution in [3.05, 3.63) is 18.0 Å². The second-order valence-corrected chi connectivity index (χ2v) is 6.39. The van der Waals surface area contributed by atoms with Crippen LogP contribution in [-0.4, -0.2) is 33.6 Å². The first-order chi connectivity index (χ1) is 9.83. The lowest BCUT2D eigenvalue weighted by Crippen LogP contribution is -2.42. The Balaban J connectivity index is 1.56. The van der Waals surface area contributed by atoms with E-state index in [1.165, 1.54) is 44.9 Å². The summed E-state index contributed by atoms with van der Waals surface area (Å²) >= 11 is 0. The van der Waals surface area contributed by atoms with Crippen molar-refractivity contribution in [2.45, 2.75) is 63.8 Å². The smallest absolute Gasteiger partial charge is 0.223 e. The topological polar surface area (TPSA) is 49.0 Å². The maximum atomic E-state index is 12.6. The summed E-state index contributed by atoms with van der Waals surface area (Å²) in [6, 6.07) is 0.515. The molecular formula is C16H25N3O. The van der Waals surface area contributed by atoms with Gasteiger partial charge < -0.3 is 4.90 Å². The van der Waals surface area contributed by atoms with Gasteiger partial charge >= 0.3 is 0 Å². The molecule has 1 amide bonds. The lowest BCUT2D eigenvalue weighted by atomic mass is 9.93. The van der Waals surface area contributed by atoms with Gasteiger partial charge in [-0.1, -0.05) is 19.3 Å². The molecule has 0 saturated heterocycles. The number of carbonyl (C=O) groups excluding carboxylic acids is 1. The molecule has 2 fully saturated rings. The van der Waals surface area contributed by atoms with Crippen LogP contribution >= 0.6 is 0 Å². The molecule has 1 N–H and O–H groups in total. The molecule has 0 spiro atoms. The van der Waals surface area contributed by atoms with Crippen LogP contribution in [0.5, 0.6) is 0 Å². The van der Waals surface area contributed by atoms with E-state index in [9.17, 15) is 4.79 Å². The summed E-state index contributed by atoms with van der Waals surface area (Å²) in [5.74, 6) is 1.14. The molecule has 3 rings (SSSR count). The van der Waals surface area contributed by atoms with E-state index >= 15 is 0 Å². The molecule has 0 aromatic carbocycles. The minimum atomic E-state index is 0.352. The molecule has 0 atom stereocenters. The predicted octanol–water partition coefficient (Wildman–Crippen LogP) is 2.91. The fourth-order valence-electron chi connectivity index (χ4n) is 3.24. The van der Waals surface area contributed by atoms with Gasteiger partial charge in [0.2, 0.25) is 5.91 Å². The van der Waals surface area contributed by atoms with E-state index in [4.69, 9.17) is 0 Å². The molecule has 2 aliphatic rings. The van der Waals surface area contributed by atoms with Crippen LogP contribution in [0.1, 0.15) is 56.9 Å². The Bertz CT molecular complexity index is 419. The molecule has 0 radical (unpaired) electrons. The van der Waals surface area contributed by atoms with Crippen LogP contribution in [-0.2, 0) is 11.2 Å². The number of amides is 1. The largest absolute Gasteiger partial charge is 0.339 e. The second-order valence-electron chi connectivity index (χ2n) is 6.39. The average molecular weight is 275 g/mol. The van der Waals surface area contributed by atoms with Crippen LogP contribution < -0.4 is 0 Å². The highest BCUT2D eigenvalue weighted by molar-refractivity contribution is 5.76. The molecule has 0 bridgehead atoms. The van der Waals surface area contributed by atoms with Gasteiger partial charge in [-0.15, -0.1) is 0 Å². The zero-order valence-corrected chi connectivity index (χ0v) is 12.2. The third-order valence-electron chi connectivity index (χ3n) is 4.67. The van der Waals surface area contributed by atoms with Gasteiger partial charge in [0.25, 0.3) is 0 Å². The van der Waals surface area contributed by atoms with E-state index in [2.05, 4.69) is 15.1 Å². The number of H-pyrrole nitrogens is 1. The first-order valence-corrected chi connectivity index (χ1v) is 8.10. The molecule has 4 heteroatoms. The number of nitrogens with zero attached hydrogens (tertiary/aromatic N) is 2. The first kappa shape index (κ1) is 13.7. The van der Waals surface area contributed by atoms with Crippen molar-refractivity contribution in [1.29, 1.82) is 0 Å². The highest BCUT2D eigenvalue weighted by atomic mass is 16.2. The summed E-state index contributed by atoms with van der Waals surface area (Å²) in [7, 11) is 0. The number of hydrogen-bond donors (Lipinski definition) is 1. The van der Waals surface area contributed by atoms with Crippen LogP contribution in [0.15, 0.2) is 12.4 Å². The molecule has 20 heavy (non-hydrogen) atoms. The highest BCUT2D eigenvalue weighted by Crippen LogP contribution is 2.33. The molecule has 2 saturated carbocycles. The summed E-state index contributed by atoms with van der Waals surface area (Å²) in [5.41, 5.74) is 1.13. The van der Waals surface area contributed by atoms with Crippen molar-refractivity contribution in [3.63, 3.8) is 0 Å². The lowest BCUT2D eigenvalue weighted by Gasteiger charge is -2.34. The zero-order valence-electron chi connectivity index (χ0n) is 12.2. The van der Waals surface area contributed by atoms with E-state index in [-0.39, 0.29) is 0 Å². The first-order valence-electron chi connectivity index (χ1n) is 8.10. The fourth-order valence-corrected chi connectivity index (χ4v) is 3.24.